The van der Waals surface area contributed by atoms with Gasteiger partial charge in [-0.05, 0) is 30.9 Å². The maximum atomic E-state index is 3.58. The van der Waals surface area contributed by atoms with Gasteiger partial charge in [0.05, 0.1) is 5.52 Å². The third kappa shape index (κ3) is 1.63. The highest BCUT2D eigenvalue weighted by atomic mass is 15.0. The van der Waals surface area contributed by atoms with Gasteiger partial charge in [-0.15, -0.1) is 0 Å². The molecule has 3 rings (SSSR count). The van der Waals surface area contributed by atoms with Gasteiger partial charge >= 0.3 is 0 Å². The van der Waals surface area contributed by atoms with Crippen molar-refractivity contribution in [3.05, 3.63) is 35.5 Å². The molecule has 2 nitrogen and oxygen atoms in total. The Hall–Kier alpha value is -1.28. The molecule has 0 unspecified atom stereocenters. The van der Waals surface area contributed by atoms with Crippen molar-refractivity contribution < 1.29 is 0 Å². The number of hydrogen-bond acceptors (Lipinski definition) is 1. The number of para-hydroxylation sites is 1. The van der Waals surface area contributed by atoms with Crippen LogP contribution in [0.3, 0.4) is 0 Å². The molecule has 1 saturated carbocycles. The Morgan fingerprint density at radius 2 is 2.19 bits per heavy atom. The van der Waals surface area contributed by atoms with Gasteiger partial charge in [-0.3, -0.25) is 0 Å². The second kappa shape index (κ2) is 3.63. The van der Waals surface area contributed by atoms with Crippen LogP contribution in [0.1, 0.15) is 24.0 Å². The molecule has 0 atom stereocenters. The van der Waals surface area contributed by atoms with E-state index in [9.17, 15) is 0 Å². The number of benzene rings is 1. The third-order valence-electron chi connectivity index (χ3n) is 3.44. The monoisotopic (exact) mass is 214 g/mol. The van der Waals surface area contributed by atoms with Gasteiger partial charge in [-0.25, -0.2) is 0 Å². The number of nitrogens with one attached hydrogen (secondary N) is 1. The van der Waals surface area contributed by atoms with Crippen molar-refractivity contribution in [3.8, 4) is 0 Å². The summed E-state index contributed by atoms with van der Waals surface area (Å²) in [6.45, 7) is 3.19. The van der Waals surface area contributed by atoms with Crippen molar-refractivity contribution in [1.29, 1.82) is 0 Å². The zero-order valence-electron chi connectivity index (χ0n) is 9.96. The number of aryl methyl sites for hydroxylation is 2. The first kappa shape index (κ1) is 9.91. The summed E-state index contributed by atoms with van der Waals surface area (Å²) in [6.07, 6.45) is 4.96. The molecule has 1 aliphatic carbocycles. The van der Waals surface area contributed by atoms with Gasteiger partial charge in [-0.1, -0.05) is 18.2 Å². The van der Waals surface area contributed by atoms with Gasteiger partial charge in [0.2, 0.25) is 0 Å². The molecular formula is C14H18N2. The summed E-state index contributed by atoms with van der Waals surface area (Å²) >= 11 is 0. The number of nitrogens with zero attached hydrogens (tertiary/aromatic N) is 1. The first-order valence-electron chi connectivity index (χ1n) is 6.02. The van der Waals surface area contributed by atoms with Crippen LogP contribution in [0.2, 0.25) is 0 Å². The third-order valence-corrected chi connectivity index (χ3v) is 3.44. The molecular weight excluding hydrogens is 196 g/mol. The zero-order valence-corrected chi connectivity index (χ0v) is 9.96. The lowest BCUT2D eigenvalue weighted by Gasteiger charge is -2.01. The summed E-state index contributed by atoms with van der Waals surface area (Å²) in [5.74, 6) is 0. The van der Waals surface area contributed by atoms with Crippen LogP contribution < -0.4 is 5.32 Å². The van der Waals surface area contributed by atoms with Crippen LogP contribution in [0.5, 0.6) is 0 Å². The minimum atomic E-state index is 0.778. The summed E-state index contributed by atoms with van der Waals surface area (Å²) < 4.78 is 2.24. The van der Waals surface area contributed by atoms with Gasteiger partial charge in [-0.2, -0.15) is 0 Å². The van der Waals surface area contributed by atoms with E-state index in [4.69, 9.17) is 0 Å². The summed E-state index contributed by atoms with van der Waals surface area (Å²) in [7, 11) is 2.13. The highest BCUT2D eigenvalue weighted by molar-refractivity contribution is 5.86. The molecule has 0 amide bonds. The maximum Gasteiger partial charge on any atom is 0.0510 e. The first-order chi connectivity index (χ1) is 7.75. The van der Waals surface area contributed by atoms with Crippen molar-refractivity contribution in [1.82, 2.24) is 9.88 Å². The van der Waals surface area contributed by atoms with E-state index < -0.39 is 0 Å². The fourth-order valence-corrected chi connectivity index (χ4v) is 2.44. The van der Waals surface area contributed by atoms with Crippen molar-refractivity contribution >= 4 is 10.9 Å². The Kier molecular flexibility index (Phi) is 2.25. The fourth-order valence-electron chi connectivity index (χ4n) is 2.44. The fraction of sp³-hybridized carbons (Fsp3) is 0.429. The van der Waals surface area contributed by atoms with E-state index in [1.807, 2.05) is 0 Å². The summed E-state index contributed by atoms with van der Waals surface area (Å²) in [5.41, 5.74) is 4.15. The molecule has 2 aromatic rings. The average molecular weight is 214 g/mol. The highest BCUT2D eigenvalue weighted by Gasteiger charge is 2.20. The standard InChI is InChI=1S/C14H18N2/c1-10-4-3-5-13-11(8-15-12-6-7-12)9-16(2)14(10)13/h3-5,9,12,15H,6-8H2,1-2H3. The predicted molar refractivity (Wildman–Crippen MR) is 67.5 cm³/mol. The zero-order chi connectivity index (χ0) is 11.1. The molecule has 16 heavy (non-hydrogen) atoms. The molecule has 0 radical (unpaired) electrons. The van der Waals surface area contributed by atoms with Crippen LogP contribution in [0.15, 0.2) is 24.4 Å². The maximum absolute atomic E-state index is 3.58. The molecule has 1 aliphatic rings. The summed E-state index contributed by atoms with van der Waals surface area (Å²) in [4.78, 5) is 0. The van der Waals surface area contributed by atoms with E-state index in [2.05, 4.69) is 48.3 Å². The quantitative estimate of drug-likeness (QED) is 0.831. The highest BCUT2D eigenvalue weighted by Crippen LogP contribution is 2.25. The molecule has 1 N–H and O–H groups in total. The van der Waals surface area contributed by atoms with E-state index in [0.717, 1.165) is 12.6 Å². The van der Waals surface area contributed by atoms with Crippen LogP contribution in [-0.4, -0.2) is 10.6 Å². The second-order valence-corrected chi connectivity index (χ2v) is 4.89. The van der Waals surface area contributed by atoms with Crippen LogP contribution in [0, 0.1) is 6.92 Å². The molecule has 1 fully saturated rings. The van der Waals surface area contributed by atoms with Gasteiger partial charge in [0.15, 0.2) is 0 Å². The smallest absolute Gasteiger partial charge is 0.0510 e. The lowest BCUT2D eigenvalue weighted by molar-refractivity contribution is 0.689. The van der Waals surface area contributed by atoms with Crippen LogP contribution in [0.25, 0.3) is 10.9 Å². The molecule has 0 saturated heterocycles. The lowest BCUT2D eigenvalue weighted by atomic mass is 10.1. The van der Waals surface area contributed by atoms with Gasteiger partial charge in [0.1, 0.15) is 0 Å². The molecule has 1 aromatic heterocycles. The summed E-state index contributed by atoms with van der Waals surface area (Å²) in [6, 6.07) is 7.34. The SMILES string of the molecule is Cc1cccc2c(CNC3CC3)cn(C)c12. The minimum absolute atomic E-state index is 0.778. The van der Waals surface area contributed by atoms with Gasteiger partial charge in [0.25, 0.3) is 0 Å². The molecule has 1 aromatic carbocycles. The predicted octanol–water partition coefficient (Wildman–Crippen LogP) is 2.74. The molecule has 84 valence electrons. The van der Waals surface area contributed by atoms with Gasteiger partial charge < -0.3 is 9.88 Å². The Morgan fingerprint density at radius 1 is 1.38 bits per heavy atom. The van der Waals surface area contributed by atoms with Crippen LogP contribution in [-0.2, 0) is 13.6 Å². The molecule has 0 bridgehead atoms. The van der Waals surface area contributed by atoms with E-state index in [-0.39, 0.29) is 0 Å². The van der Waals surface area contributed by atoms with E-state index in [1.165, 1.54) is 34.9 Å². The topological polar surface area (TPSA) is 17.0 Å². The van der Waals surface area contributed by atoms with Crippen molar-refractivity contribution in [2.24, 2.45) is 7.05 Å². The van der Waals surface area contributed by atoms with Crippen molar-refractivity contribution in [2.75, 3.05) is 0 Å². The number of hydrogen-bond donors (Lipinski definition) is 1. The second-order valence-electron chi connectivity index (χ2n) is 4.89. The Labute approximate surface area is 96.3 Å². The molecule has 0 spiro atoms. The Bertz CT molecular complexity index is 521. The van der Waals surface area contributed by atoms with E-state index in [1.54, 1.807) is 0 Å². The van der Waals surface area contributed by atoms with Crippen molar-refractivity contribution in [2.45, 2.75) is 32.4 Å². The molecule has 0 aliphatic heterocycles. The average Bonchev–Trinajstić information content (AvgIpc) is 3.02. The van der Waals surface area contributed by atoms with Crippen LogP contribution in [0.4, 0.5) is 0 Å². The van der Waals surface area contributed by atoms with Crippen molar-refractivity contribution in [3.63, 3.8) is 0 Å². The van der Waals surface area contributed by atoms with Crippen LogP contribution >= 0.6 is 0 Å². The number of fused-ring (bicyclic) bond motifs is 1. The molecule has 1 heterocycles. The largest absolute Gasteiger partial charge is 0.350 e. The Balaban J connectivity index is 2.00. The Morgan fingerprint density at radius 3 is 2.94 bits per heavy atom. The lowest BCUT2D eigenvalue weighted by Crippen LogP contribution is -2.14. The van der Waals surface area contributed by atoms with E-state index in [0.29, 0.717) is 0 Å². The van der Waals surface area contributed by atoms with Gasteiger partial charge in [0, 0.05) is 31.2 Å². The molecule has 2 heteroatoms. The van der Waals surface area contributed by atoms with E-state index >= 15 is 0 Å². The number of aromatic nitrogens is 1. The normalized spacial score (nSPS) is 15.9. The first-order valence-corrected chi connectivity index (χ1v) is 6.02. The number of rotatable bonds is 3. The minimum Gasteiger partial charge on any atom is -0.350 e. The summed E-state index contributed by atoms with van der Waals surface area (Å²) in [5, 5.41) is 4.98.